The summed E-state index contributed by atoms with van der Waals surface area (Å²) in [5.74, 6) is -2.66. The average Bonchev–Trinajstić information content (AvgIpc) is 4.03. The predicted octanol–water partition coefficient (Wildman–Crippen LogP) is 4.92. The fourth-order valence-electron chi connectivity index (χ4n) is 7.76. The van der Waals surface area contributed by atoms with Crippen LogP contribution in [0.1, 0.15) is 72.6 Å². The van der Waals surface area contributed by atoms with Crippen molar-refractivity contribution in [3.8, 4) is 11.6 Å². The highest BCUT2D eigenvalue weighted by atomic mass is 32.2. The summed E-state index contributed by atoms with van der Waals surface area (Å²) in [6.07, 6.45) is 0.408. The van der Waals surface area contributed by atoms with Gasteiger partial charge in [-0.3, -0.25) is 14.3 Å². The second-order valence-corrected chi connectivity index (χ2v) is 18.6. The molecule has 14 nitrogen and oxygen atoms in total. The minimum absolute atomic E-state index is 0.00832. The number of allylic oxidation sites excluding steroid dienone is 1. The van der Waals surface area contributed by atoms with Crippen molar-refractivity contribution in [2.24, 2.45) is 5.92 Å². The highest BCUT2D eigenvalue weighted by Crippen LogP contribution is 2.48. The van der Waals surface area contributed by atoms with Crippen LogP contribution in [0.5, 0.6) is 11.6 Å². The fourth-order valence-corrected chi connectivity index (χ4v) is 9.07. The van der Waals surface area contributed by atoms with E-state index in [-0.39, 0.29) is 31.0 Å². The zero-order valence-corrected chi connectivity index (χ0v) is 33.5. The molecule has 3 aliphatic heterocycles. The smallest absolute Gasteiger partial charge is 0.427 e. The van der Waals surface area contributed by atoms with Crippen LogP contribution in [0.3, 0.4) is 0 Å². The van der Waals surface area contributed by atoms with Gasteiger partial charge in [0.05, 0.1) is 36.7 Å². The van der Waals surface area contributed by atoms with Gasteiger partial charge in [-0.05, 0) is 89.0 Å². The zero-order valence-electron chi connectivity index (χ0n) is 32.7. The molecule has 1 aromatic carbocycles. The van der Waals surface area contributed by atoms with E-state index in [0.29, 0.717) is 48.6 Å². The Morgan fingerprint density at radius 1 is 1.19 bits per heavy atom. The molecule has 0 radical (unpaired) electrons. The van der Waals surface area contributed by atoms with Gasteiger partial charge in [-0.25, -0.2) is 22.6 Å². The predicted molar refractivity (Wildman–Crippen MR) is 200 cm³/mol. The molecule has 3 N–H and O–H groups in total. The molecule has 316 valence electrons. The molecule has 7 rings (SSSR count). The summed E-state index contributed by atoms with van der Waals surface area (Å²) in [5.41, 5.74) is -4.10. The van der Waals surface area contributed by atoms with E-state index in [1.807, 2.05) is 6.08 Å². The zero-order chi connectivity index (χ0) is 42.0. The van der Waals surface area contributed by atoms with Crippen molar-refractivity contribution < 1.29 is 59.3 Å². The fraction of sp³-hybridized carbons (Fsp3) is 0.590. The Morgan fingerprint density at radius 2 is 1.93 bits per heavy atom. The van der Waals surface area contributed by atoms with Gasteiger partial charge in [-0.2, -0.15) is 13.2 Å². The van der Waals surface area contributed by atoms with Crippen LogP contribution in [0.15, 0.2) is 48.3 Å². The third-order valence-corrected chi connectivity index (χ3v) is 14.0. The van der Waals surface area contributed by atoms with E-state index in [9.17, 15) is 40.4 Å². The monoisotopic (exact) mass is 837 g/mol. The quantitative estimate of drug-likeness (QED) is 0.231. The van der Waals surface area contributed by atoms with Crippen LogP contribution in [0.25, 0.3) is 10.8 Å². The number of aromatic nitrogens is 1. The molecule has 5 aliphatic rings. The van der Waals surface area contributed by atoms with Crippen LogP contribution in [0.2, 0.25) is 0 Å². The summed E-state index contributed by atoms with van der Waals surface area (Å²) in [4.78, 5) is 47.8. The Kier molecular flexibility index (Phi) is 10.6. The number of halogens is 4. The maximum Gasteiger partial charge on any atom is 0.427 e. The Labute approximate surface area is 333 Å². The van der Waals surface area contributed by atoms with Crippen molar-refractivity contribution in [1.82, 2.24) is 25.2 Å². The lowest BCUT2D eigenvalue weighted by Crippen LogP contribution is -2.59. The maximum atomic E-state index is 14.9. The number of alkyl halides is 3. The van der Waals surface area contributed by atoms with Crippen LogP contribution in [-0.4, -0.2) is 102 Å². The minimum Gasteiger partial charge on any atom is -0.494 e. The molecule has 1 saturated heterocycles. The molecular weight excluding hydrogens is 791 g/mol. The van der Waals surface area contributed by atoms with Gasteiger partial charge in [0.1, 0.15) is 17.7 Å². The molecule has 7 atom stereocenters. The number of amides is 3. The number of sulfonamides is 1. The van der Waals surface area contributed by atoms with Crippen LogP contribution >= 0.6 is 0 Å². The molecule has 58 heavy (non-hydrogen) atoms. The number of benzene rings is 1. The Hall–Kier alpha value is -4.65. The first-order valence-corrected chi connectivity index (χ1v) is 20.7. The maximum absolute atomic E-state index is 14.9. The van der Waals surface area contributed by atoms with E-state index >= 15 is 0 Å². The number of pyridine rings is 1. The Bertz CT molecular complexity index is 2160. The van der Waals surface area contributed by atoms with E-state index in [2.05, 4.69) is 20.3 Å². The topological polar surface area (TPSA) is 174 Å². The van der Waals surface area contributed by atoms with Crippen LogP contribution in [0, 0.1) is 11.7 Å². The lowest BCUT2D eigenvalue weighted by Gasteiger charge is -2.42. The van der Waals surface area contributed by atoms with Crippen LogP contribution < -0.4 is 24.8 Å². The standard InChI is InChI=1S/C39H47F4N5O9S/c1-6-29-31(45-35(51)57-36(2,3)39(41,42)43)27-16-23(55-29)10-8-7-9-22-19-38(22,34(50)47-58(52,53)37(4)12-13-37)46-32(49)28-17-24(20-48(27)28)56-33-25-18-26(40)30(54-5)15-21(25)11-14-44-33/h7,9,11,14-16,18,22-24,28-29,31H,6,8,10,12-13,17,19-20H2,1-5H3,(H,45,51)(H,46,49)(H,47,50)/b9-7-/t22-,23-,24+,28-,29-,31+,38+/m0/s1. The summed E-state index contributed by atoms with van der Waals surface area (Å²) in [7, 11) is -2.73. The molecule has 2 aromatic rings. The van der Waals surface area contributed by atoms with Gasteiger partial charge < -0.3 is 34.5 Å². The number of hydrogen-bond donors (Lipinski definition) is 3. The number of methoxy groups -OCH3 is 1. The molecule has 2 bridgehead atoms. The van der Waals surface area contributed by atoms with Gasteiger partial charge in [0, 0.05) is 29.6 Å². The van der Waals surface area contributed by atoms with Crippen molar-refractivity contribution in [2.45, 2.75) is 125 Å². The number of nitrogens with one attached hydrogen (secondary N) is 3. The van der Waals surface area contributed by atoms with Gasteiger partial charge in [-0.1, -0.05) is 19.1 Å². The second kappa shape index (κ2) is 14.9. The van der Waals surface area contributed by atoms with Crippen molar-refractivity contribution in [2.75, 3.05) is 13.7 Å². The summed E-state index contributed by atoms with van der Waals surface area (Å²) >= 11 is 0. The SMILES string of the molecule is CC[C@@H]1O[C@@H]2C=C([C@H]1NC(=O)OC(C)(C)C(F)(F)F)N1C[C@H](Oc3nccc4cc(OC)c(F)cc34)C[C@H]1C(=O)N[C@]1(C(=O)NS(=O)(=O)C3(C)CC3)C[C@@H]1/C=C\CC2. The van der Waals surface area contributed by atoms with Crippen LogP contribution in [-0.2, 0) is 29.1 Å². The number of fused-ring (bicyclic) bond motifs is 5. The van der Waals surface area contributed by atoms with Crippen LogP contribution in [0.4, 0.5) is 22.4 Å². The molecule has 3 amide bonds. The van der Waals surface area contributed by atoms with Crippen molar-refractivity contribution in [1.29, 1.82) is 0 Å². The molecule has 0 spiro atoms. The van der Waals surface area contributed by atoms with Gasteiger partial charge >= 0.3 is 12.3 Å². The number of alkyl carbamates (subject to hydrolysis) is 1. The third kappa shape index (κ3) is 7.78. The second-order valence-electron chi connectivity index (χ2n) is 16.4. The van der Waals surface area contributed by atoms with Crippen molar-refractivity contribution in [3.63, 3.8) is 0 Å². The first-order valence-electron chi connectivity index (χ1n) is 19.3. The number of hydrogen-bond acceptors (Lipinski definition) is 11. The minimum atomic E-state index is -4.88. The summed E-state index contributed by atoms with van der Waals surface area (Å²) < 4.78 is 107. The molecule has 3 fully saturated rings. The number of carbonyl (C=O) groups is 3. The molecule has 0 unspecified atom stereocenters. The highest BCUT2D eigenvalue weighted by Gasteiger charge is 2.63. The molecule has 19 heteroatoms. The lowest BCUT2D eigenvalue weighted by atomic mass is 9.96. The lowest BCUT2D eigenvalue weighted by molar-refractivity contribution is -0.244. The number of rotatable bonds is 9. The van der Waals surface area contributed by atoms with Gasteiger partial charge in [0.25, 0.3) is 5.91 Å². The number of ether oxygens (including phenoxy) is 4. The Morgan fingerprint density at radius 3 is 2.60 bits per heavy atom. The first-order chi connectivity index (χ1) is 27.2. The summed E-state index contributed by atoms with van der Waals surface area (Å²) in [6.45, 7) is 4.75. The summed E-state index contributed by atoms with van der Waals surface area (Å²) in [6, 6.07) is 2.12. The molecular formula is C39H47F4N5O9S. The Balaban J connectivity index is 1.25. The van der Waals surface area contributed by atoms with Gasteiger partial charge in [0.2, 0.25) is 27.4 Å². The molecule has 2 saturated carbocycles. The van der Waals surface area contributed by atoms with Crippen molar-refractivity contribution in [3.05, 3.63) is 54.1 Å². The highest BCUT2D eigenvalue weighted by molar-refractivity contribution is 7.91. The van der Waals surface area contributed by atoms with E-state index in [1.165, 1.54) is 25.4 Å². The first kappa shape index (κ1) is 41.5. The largest absolute Gasteiger partial charge is 0.494 e. The average molecular weight is 838 g/mol. The van der Waals surface area contributed by atoms with E-state index in [0.717, 1.165) is 13.8 Å². The number of carbonyl (C=O) groups excluding carboxylic acids is 3. The number of nitrogens with zero attached hydrogens (tertiary/aromatic N) is 2. The van der Waals surface area contributed by atoms with E-state index in [4.69, 9.17) is 18.9 Å². The molecule has 1 aromatic heterocycles. The summed E-state index contributed by atoms with van der Waals surface area (Å²) in [5, 5.41) is 6.32. The molecule has 4 heterocycles. The normalized spacial score (nSPS) is 29.8. The van der Waals surface area contributed by atoms with E-state index < -0.39 is 92.1 Å². The van der Waals surface area contributed by atoms with E-state index in [1.54, 1.807) is 37.0 Å². The van der Waals surface area contributed by atoms with Gasteiger partial charge in [-0.15, -0.1) is 0 Å². The molecule has 2 aliphatic carbocycles. The van der Waals surface area contributed by atoms with Crippen molar-refractivity contribution >= 4 is 38.7 Å². The van der Waals surface area contributed by atoms with Gasteiger partial charge in [0.15, 0.2) is 11.6 Å². The third-order valence-electron chi connectivity index (χ3n) is 11.9.